The maximum Gasteiger partial charge on any atom is 0.345 e. The highest BCUT2D eigenvalue weighted by atomic mass is 32.2. The van der Waals surface area contributed by atoms with Crippen LogP contribution in [0.25, 0.3) is 26.8 Å². The predicted octanol–water partition coefficient (Wildman–Crippen LogP) is 4.37. The minimum Gasteiger partial charge on any atom is -0.510 e. The molecular formula is C23H22N4O4S2. The molecule has 170 valence electrons. The lowest BCUT2D eigenvalue weighted by Gasteiger charge is -2.11. The number of imidazole rings is 1. The molecule has 0 aliphatic carbocycles. The van der Waals surface area contributed by atoms with Gasteiger partial charge in [-0.25, -0.2) is 14.8 Å². The van der Waals surface area contributed by atoms with E-state index in [2.05, 4.69) is 21.5 Å². The van der Waals surface area contributed by atoms with Gasteiger partial charge >= 0.3 is 5.97 Å². The Morgan fingerprint density at radius 1 is 1.33 bits per heavy atom. The van der Waals surface area contributed by atoms with Crippen LogP contribution < -0.4 is 5.56 Å². The fraction of sp³-hybridized carbons (Fsp3) is 0.217. The Kier molecular flexibility index (Phi) is 6.39. The molecule has 0 saturated carbocycles. The maximum atomic E-state index is 13.1. The van der Waals surface area contributed by atoms with Crippen LogP contribution in [-0.4, -0.2) is 43.5 Å². The number of fused-ring (bicyclic) bond motifs is 2. The SMILES string of the molecule is C=CCn1c(SC/C(O)=C(\C(=O)OC)c2nc3ccccc3[nH]2)nc2sc(C)c(C)c2c1=O. The van der Waals surface area contributed by atoms with Gasteiger partial charge in [-0.1, -0.05) is 30.0 Å². The Bertz CT molecular complexity index is 1450. The van der Waals surface area contributed by atoms with Gasteiger partial charge in [-0.05, 0) is 31.5 Å². The molecule has 0 amide bonds. The summed E-state index contributed by atoms with van der Waals surface area (Å²) in [5, 5.41) is 11.9. The van der Waals surface area contributed by atoms with E-state index in [-0.39, 0.29) is 35.0 Å². The van der Waals surface area contributed by atoms with Crippen LogP contribution in [0.1, 0.15) is 16.3 Å². The second-order valence-corrected chi connectivity index (χ2v) is 9.41. The molecule has 10 heteroatoms. The Labute approximate surface area is 197 Å². The summed E-state index contributed by atoms with van der Waals surface area (Å²) in [5.41, 5.74) is 2.08. The van der Waals surface area contributed by atoms with Crippen molar-refractivity contribution in [3.8, 4) is 0 Å². The van der Waals surface area contributed by atoms with Crippen molar-refractivity contribution < 1.29 is 14.6 Å². The molecule has 0 fully saturated rings. The maximum absolute atomic E-state index is 13.1. The number of rotatable bonds is 7. The standard InChI is InChI=1S/C23H22N4O4S2/c1-5-10-27-21(29)17-12(2)13(3)33-20(17)26-23(27)32-11-16(28)18(22(30)31-4)19-24-14-8-6-7-9-15(14)25-19/h5-9,28H,1,10-11H2,2-4H3,(H,24,25)/b18-16+. The Morgan fingerprint density at radius 3 is 2.79 bits per heavy atom. The van der Waals surface area contributed by atoms with E-state index < -0.39 is 5.97 Å². The Balaban J connectivity index is 1.75. The third-order valence-electron chi connectivity index (χ3n) is 5.21. The van der Waals surface area contributed by atoms with Gasteiger partial charge in [-0.15, -0.1) is 17.9 Å². The summed E-state index contributed by atoms with van der Waals surface area (Å²) in [7, 11) is 1.24. The first-order valence-corrected chi connectivity index (χ1v) is 11.9. The van der Waals surface area contributed by atoms with E-state index in [1.807, 2.05) is 32.0 Å². The van der Waals surface area contributed by atoms with E-state index in [9.17, 15) is 14.7 Å². The zero-order valence-corrected chi connectivity index (χ0v) is 20.0. The summed E-state index contributed by atoms with van der Waals surface area (Å²) in [5.74, 6) is -0.759. The number of H-pyrrole nitrogens is 1. The summed E-state index contributed by atoms with van der Waals surface area (Å²) in [6.07, 6.45) is 1.62. The summed E-state index contributed by atoms with van der Waals surface area (Å²) in [6, 6.07) is 7.30. The van der Waals surface area contributed by atoms with Crippen LogP contribution in [0.2, 0.25) is 0 Å². The highest BCUT2D eigenvalue weighted by Crippen LogP contribution is 2.30. The molecular weight excluding hydrogens is 460 g/mol. The van der Waals surface area contributed by atoms with Gasteiger partial charge in [0.25, 0.3) is 5.56 Å². The molecule has 0 atom stereocenters. The molecule has 1 aromatic carbocycles. The van der Waals surface area contributed by atoms with E-state index in [0.717, 1.165) is 27.7 Å². The third-order valence-corrected chi connectivity index (χ3v) is 7.30. The largest absolute Gasteiger partial charge is 0.510 e. The molecule has 4 rings (SSSR count). The number of thioether (sulfide) groups is 1. The number of hydrogen-bond acceptors (Lipinski definition) is 8. The summed E-state index contributed by atoms with van der Waals surface area (Å²) in [6.45, 7) is 7.88. The molecule has 0 saturated heterocycles. The van der Waals surface area contributed by atoms with Crippen molar-refractivity contribution in [2.75, 3.05) is 12.9 Å². The second-order valence-electron chi connectivity index (χ2n) is 7.27. The van der Waals surface area contributed by atoms with Crippen LogP contribution in [-0.2, 0) is 16.1 Å². The number of aliphatic hydroxyl groups excluding tert-OH is 1. The number of para-hydroxylation sites is 2. The molecule has 0 aliphatic heterocycles. The lowest BCUT2D eigenvalue weighted by Crippen LogP contribution is -2.23. The summed E-state index contributed by atoms with van der Waals surface area (Å²) >= 11 is 2.61. The van der Waals surface area contributed by atoms with Crippen LogP contribution >= 0.6 is 23.1 Å². The molecule has 4 aromatic rings. The van der Waals surface area contributed by atoms with Crippen molar-refractivity contribution in [3.63, 3.8) is 0 Å². The molecule has 2 N–H and O–H groups in total. The van der Waals surface area contributed by atoms with Crippen molar-refractivity contribution in [3.05, 3.63) is 69.3 Å². The molecule has 3 heterocycles. The number of esters is 1. The van der Waals surface area contributed by atoms with Crippen LogP contribution in [0.15, 0.2) is 52.6 Å². The number of benzene rings is 1. The van der Waals surface area contributed by atoms with E-state index >= 15 is 0 Å². The van der Waals surface area contributed by atoms with E-state index in [1.54, 1.807) is 12.1 Å². The lowest BCUT2D eigenvalue weighted by atomic mass is 10.2. The number of thiophene rings is 1. The van der Waals surface area contributed by atoms with Gasteiger partial charge in [-0.2, -0.15) is 0 Å². The highest BCUT2D eigenvalue weighted by Gasteiger charge is 2.23. The van der Waals surface area contributed by atoms with Gasteiger partial charge < -0.3 is 14.8 Å². The first-order valence-electron chi connectivity index (χ1n) is 10.1. The van der Waals surface area contributed by atoms with Crippen LogP contribution in [0.5, 0.6) is 0 Å². The Hall–Kier alpha value is -3.37. The molecule has 0 bridgehead atoms. The van der Waals surface area contributed by atoms with Gasteiger partial charge in [0.15, 0.2) is 5.16 Å². The number of carbonyl (C=O) groups is 1. The molecule has 33 heavy (non-hydrogen) atoms. The normalized spacial score (nSPS) is 12.2. The van der Waals surface area contributed by atoms with Gasteiger partial charge in [0.2, 0.25) is 0 Å². The molecule has 0 unspecified atom stereocenters. The van der Waals surface area contributed by atoms with Crippen molar-refractivity contribution in [2.45, 2.75) is 25.5 Å². The summed E-state index contributed by atoms with van der Waals surface area (Å²) in [4.78, 5) is 39.4. The van der Waals surface area contributed by atoms with Crippen molar-refractivity contribution in [1.29, 1.82) is 0 Å². The number of aryl methyl sites for hydroxylation is 2. The van der Waals surface area contributed by atoms with E-state index in [1.165, 1.54) is 23.0 Å². The van der Waals surface area contributed by atoms with Crippen molar-refractivity contribution in [2.24, 2.45) is 0 Å². The number of aliphatic hydroxyl groups is 1. The van der Waals surface area contributed by atoms with E-state index in [4.69, 9.17) is 4.74 Å². The van der Waals surface area contributed by atoms with E-state index in [0.29, 0.717) is 20.9 Å². The second kappa shape index (κ2) is 9.24. The molecule has 0 radical (unpaired) electrons. The Morgan fingerprint density at radius 2 is 2.09 bits per heavy atom. The number of carbonyl (C=O) groups excluding carboxylic acids is 1. The van der Waals surface area contributed by atoms with Gasteiger partial charge in [0.05, 0.1) is 29.3 Å². The summed E-state index contributed by atoms with van der Waals surface area (Å²) < 4.78 is 6.40. The molecule has 0 aliphatic rings. The van der Waals surface area contributed by atoms with Gasteiger partial charge in [-0.3, -0.25) is 9.36 Å². The van der Waals surface area contributed by atoms with Gasteiger partial charge in [0.1, 0.15) is 22.0 Å². The zero-order valence-electron chi connectivity index (χ0n) is 18.3. The van der Waals surface area contributed by atoms with Crippen molar-refractivity contribution in [1.82, 2.24) is 19.5 Å². The number of nitrogens with one attached hydrogen (secondary N) is 1. The predicted molar refractivity (Wildman–Crippen MR) is 132 cm³/mol. The lowest BCUT2D eigenvalue weighted by molar-refractivity contribution is -0.133. The highest BCUT2D eigenvalue weighted by molar-refractivity contribution is 7.99. The monoisotopic (exact) mass is 482 g/mol. The van der Waals surface area contributed by atoms with Crippen molar-refractivity contribution >= 4 is 55.9 Å². The number of aromatic nitrogens is 4. The number of ether oxygens (including phenoxy) is 1. The van der Waals surface area contributed by atoms with Crippen LogP contribution in [0.3, 0.4) is 0 Å². The smallest absolute Gasteiger partial charge is 0.345 e. The molecule has 0 spiro atoms. The number of hydrogen-bond donors (Lipinski definition) is 2. The fourth-order valence-corrected chi connectivity index (χ4v) is 5.40. The topological polar surface area (TPSA) is 110 Å². The molecule has 8 nitrogen and oxygen atoms in total. The number of aromatic amines is 1. The third kappa shape index (κ3) is 4.19. The minimum atomic E-state index is -0.719. The fourth-order valence-electron chi connectivity index (χ4n) is 3.44. The average molecular weight is 483 g/mol. The number of nitrogens with zero attached hydrogens (tertiary/aromatic N) is 3. The minimum absolute atomic E-state index is 0.0140. The number of methoxy groups -OCH3 is 1. The van der Waals surface area contributed by atoms with Gasteiger partial charge in [0, 0.05) is 11.4 Å². The van der Waals surface area contributed by atoms with Crippen LogP contribution in [0.4, 0.5) is 0 Å². The average Bonchev–Trinajstić information content (AvgIpc) is 3.34. The first kappa shape index (κ1) is 22.8. The zero-order chi connectivity index (χ0) is 23.7. The molecule has 3 aromatic heterocycles. The quantitative estimate of drug-likeness (QED) is 0.100. The van der Waals surface area contributed by atoms with Crippen LogP contribution in [0, 0.1) is 13.8 Å². The number of allylic oxidation sites excluding steroid dienone is 1. The first-order chi connectivity index (χ1) is 15.8.